The van der Waals surface area contributed by atoms with Crippen LogP contribution in [0.3, 0.4) is 0 Å². The molecule has 9 heteroatoms. The van der Waals surface area contributed by atoms with Gasteiger partial charge in [0.05, 0.1) is 28.4 Å². The summed E-state index contributed by atoms with van der Waals surface area (Å²) >= 11 is 0. The highest BCUT2D eigenvalue weighted by molar-refractivity contribution is 5.96. The van der Waals surface area contributed by atoms with Crippen molar-refractivity contribution in [2.45, 2.75) is 6.61 Å². The van der Waals surface area contributed by atoms with Gasteiger partial charge in [-0.15, -0.1) is 0 Å². The van der Waals surface area contributed by atoms with Crippen LogP contribution in [0.1, 0.15) is 5.56 Å². The summed E-state index contributed by atoms with van der Waals surface area (Å²) in [6, 6.07) is 14.7. The van der Waals surface area contributed by atoms with Gasteiger partial charge < -0.3 is 38.3 Å². The van der Waals surface area contributed by atoms with Crippen molar-refractivity contribution in [3.63, 3.8) is 0 Å². The lowest BCUT2D eigenvalue weighted by Crippen LogP contribution is -2.09. The van der Waals surface area contributed by atoms with Gasteiger partial charge in [0, 0.05) is 5.56 Å². The first kappa shape index (κ1) is 23.6. The second kappa shape index (κ2) is 9.76. The Morgan fingerprint density at radius 2 is 1.46 bits per heavy atom. The molecule has 0 radical (unpaired) electrons. The molecule has 182 valence electrons. The second-order valence-corrected chi connectivity index (χ2v) is 7.40. The lowest BCUT2D eigenvalue weighted by molar-refractivity contribution is 0.284. The quantitative estimate of drug-likeness (QED) is 0.352. The normalized spacial score (nSPS) is 10.7. The van der Waals surface area contributed by atoms with E-state index in [4.69, 9.17) is 28.1 Å². The van der Waals surface area contributed by atoms with Gasteiger partial charge in [0.2, 0.25) is 28.4 Å². The van der Waals surface area contributed by atoms with E-state index in [9.17, 15) is 15.0 Å². The summed E-state index contributed by atoms with van der Waals surface area (Å²) in [5.41, 5.74) is 0.605. The smallest absolute Gasteiger partial charge is 0.239 e. The van der Waals surface area contributed by atoms with E-state index in [-0.39, 0.29) is 34.0 Å². The highest BCUT2D eigenvalue weighted by atomic mass is 16.5. The number of fused-ring (bicyclic) bond motifs is 1. The zero-order valence-corrected chi connectivity index (χ0v) is 19.6. The lowest BCUT2D eigenvalue weighted by atomic mass is 10.1. The Balaban J connectivity index is 1.87. The maximum absolute atomic E-state index is 13.3. The number of hydrogen-bond acceptors (Lipinski definition) is 9. The molecule has 0 atom stereocenters. The largest absolute Gasteiger partial charge is 0.504 e. The minimum atomic E-state index is -0.710. The van der Waals surface area contributed by atoms with Gasteiger partial charge in [-0.2, -0.15) is 0 Å². The van der Waals surface area contributed by atoms with E-state index < -0.39 is 16.9 Å². The van der Waals surface area contributed by atoms with Crippen LogP contribution in [0.5, 0.6) is 40.2 Å². The first-order valence-corrected chi connectivity index (χ1v) is 10.5. The lowest BCUT2D eigenvalue weighted by Gasteiger charge is -2.16. The molecule has 35 heavy (non-hydrogen) atoms. The zero-order chi connectivity index (χ0) is 25.1. The molecular formula is C26H24O9. The number of benzene rings is 3. The van der Waals surface area contributed by atoms with Crippen LogP contribution in [0.2, 0.25) is 0 Å². The van der Waals surface area contributed by atoms with E-state index in [1.807, 2.05) is 30.3 Å². The van der Waals surface area contributed by atoms with Gasteiger partial charge in [-0.05, 0) is 23.8 Å². The van der Waals surface area contributed by atoms with Crippen LogP contribution in [-0.4, -0.2) is 38.7 Å². The van der Waals surface area contributed by atoms with Gasteiger partial charge in [0.1, 0.15) is 12.0 Å². The monoisotopic (exact) mass is 480 g/mol. The SMILES string of the molecule is COc1cc(-c2oc3c(OC)c(OC)c(O)c(O)c3c(=O)c2OC)ccc1OCc1ccccc1. The first-order chi connectivity index (χ1) is 16.9. The molecule has 0 aliphatic heterocycles. The van der Waals surface area contributed by atoms with Crippen molar-refractivity contribution in [3.8, 4) is 51.6 Å². The molecule has 4 aromatic rings. The van der Waals surface area contributed by atoms with E-state index in [0.717, 1.165) is 5.56 Å². The minimum absolute atomic E-state index is 0.0587. The predicted molar refractivity (Wildman–Crippen MR) is 128 cm³/mol. The minimum Gasteiger partial charge on any atom is -0.504 e. The highest BCUT2D eigenvalue weighted by Gasteiger charge is 2.28. The number of aromatic hydroxyl groups is 2. The fourth-order valence-electron chi connectivity index (χ4n) is 3.74. The molecule has 0 fully saturated rings. The Bertz CT molecular complexity index is 1430. The van der Waals surface area contributed by atoms with Crippen molar-refractivity contribution >= 4 is 11.0 Å². The van der Waals surface area contributed by atoms with E-state index in [0.29, 0.717) is 23.7 Å². The van der Waals surface area contributed by atoms with Crippen molar-refractivity contribution in [2.75, 3.05) is 28.4 Å². The Morgan fingerprint density at radius 3 is 2.09 bits per heavy atom. The van der Waals surface area contributed by atoms with Gasteiger partial charge in [-0.3, -0.25) is 4.79 Å². The molecule has 0 unspecified atom stereocenters. The summed E-state index contributed by atoms with van der Waals surface area (Å²) in [6.07, 6.45) is 0. The fourth-order valence-corrected chi connectivity index (χ4v) is 3.74. The number of hydrogen-bond donors (Lipinski definition) is 2. The number of ether oxygens (including phenoxy) is 5. The Hall–Kier alpha value is -4.53. The van der Waals surface area contributed by atoms with Crippen LogP contribution in [0.15, 0.2) is 57.7 Å². The maximum Gasteiger partial charge on any atom is 0.239 e. The summed E-state index contributed by atoms with van der Waals surface area (Å²) in [7, 11) is 5.40. The van der Waals surface area contributed by atoms with Crippen molar-refractivity contribution in [1.29, 1.82) is 0 Å². The summed E-state index contributed by atoms with van der Waals surface area (Å²) in [5, 5.41) is 20.5. The number of phenols is 2. The summed E-state index contributed by atoms with van der Waals surface area (Å²) in [5.74, 6) is -0.834. The number of rotatable bonds is 8. The predicted octanol–water partition coefficient (Wildman–Crippen LogP) is 4.48. The molecular weight excluding hydrogens is 456 g/mol. The van der Waals surface area contributed by atoms with Crippen LogP contribution in [-0.2, 0) is 6.61 Å². The highest BCUT2D eigenvalue weighted by Crippen LogP contribution is 2.50. The van der Waals surface area contributed by atoms with Crippen LogP contribution in [0, 0.1) is 0 Å². The van der Waals surface area contributed by atoms with Gasteiger partial charge in [0.15, 0.2) is 28.6 Å². The average molecular weight is 480 g/mol. The Morgan fingerprint density at radius 1 is 0.771 bits per heavy atom. The van der Waals surface area contributed by atoms with Crippen LogP contribution >= 0.6 is 0 Å². The average Bonchev–Trinajstić information content (AvgIpc) is 2.89. The van der Waals surface area contributed by atoms with Crippen molar-refractivity contribution < 1.29 is 38.3 Å². The van der Waals surface area contributed by atoms with Crippen LogP contribution < -0.4 is 29.1 Å². The van der Waals surface area contributed by atoms with E-state index >= 15 is 0 Å². The van der Waals surface area contributed by atoms with Gasteiger partial charge >= 0.3 is 0 Å². The van der Waals surface area contributed by atoms with E-state index in [2.05, 4.69) is 0 Å². The summed E-state index contributed by atoms with van der Waals surface area (Å²) in [6.45, 7) is 0.338. The molecule has 9 nitrogen and oxygen atoms in total. The molecule has 2 N–H and O–H groups in total. The van der Waals surface area contributed by atoms with Crippen LogP contribution in [0.4, 0.5) is 0 Å². The van der Waals surface area contributed by atoms with E-state index in [1.165, 1.54) is 28.4 Å². The molecule has 3 aromatic carbocycles. The van der Waals surface area contributed by atoms with Crippen molar-refractivity contribution in [2.24, 2.45) is 0 Å². The Labute approximate surface area is 200 Å². The van der Waals surface area contributed by atoms with Crippen molar-refractivity contribution in [3.05, 3.63) is 64.3 Å². The maximum atomic E-state index is 13.3. The molecule has 1 heterocycles. The number of phenolic OH excluding ortho intramolecular Hbond substituents is 2. The molecule has 0 spiro atoms. The molecule has 0 saturated carbocycles. The molecule has 0 bridgehead atoms. The second-order valence-electron chi connectivity index (χ2n) is 7.40. The third kappa shape index (κ3) is 4.12. The molecule has 1 aromatic heterocycles. The first-order valence-electron chi connectivity index (χ1n) is 10.5. The molecule has 4 rings (SSSR count). The standard InChI is InChI=1S/C26H24O9/c1-30-17-12-15(10-11-16(17)34-13-14-8-6-5-7-9-14)22-24(31-2)20(28)18-19(27)21(29)25(32-3)26(33-4)23(18)35-22/h5-12,27,29H,13H2,1-4H3. The molecule has 0 aliphatic rings. The molecule has 0 aliphatic carbocycles. The summed E-state index contributed by atoms with van der Waals surface area (Å²) in [4.78, 5) is 13.3. The molecule has 0 saturated heterocycles. The van der Waals surface area contributed by atoms with Gasteiger partial charge in [-0.1, -0.05) is 30.3 Å². The third-order valence-corrected chi connectivity index (χ3v) is 5.43. The fraction of sp³-hybridized carbons (Fsp3) is 0.192. The Kier molecular flexibility index (Phi) is 6.59. The third-order valence-electron chi connectivity index (χ3n) is 5.43. The summed E-state index contributed by atoms with van der Waals surface area (Å²) < 4.78 is 33.2. The van der Waals surface area contributed by atoms with E-state index in [1.54, 1.807) is 18.2 Å². The van der Waals surface area contributed by atoms with Gasteiger partial charge in [-0.25, -0.2) is 0 Å². The zero-order valence-electron chi connectivity index (χ0n) is 19.6. The molecule has 0 amide bonds. The van der Waals surface area contributed by atoms with Crippen LogP contribution in [0.25, 0.3) is 22.3 Å². The van der Waals surface area contributed by atoms with Gasteiger partial charge in [0.25, 0.3) is 0 Å². The number of methoxy groups -OCH3 is 4. The van der Waals surface area contributed by atoms with Crippen molar-refractivity contribution in [1.82, 2.24) is 0 Å². The topological polar surface area (TPSA) is 117 Å².